The molecule has 1 heterocycles. The Balaban J connectivity index is 1.23. The first-order chi connectivity index (χ1) is 19.4. The number of carbonyl (C=O) groups is 2. The van der Waals surface area contributed by atoms with Crippen molar-refractivity contribution >= 4 is 28.9 Å². The highest BCUT2D eigenvalue weighted by atomic mass is 19.1. The van der Waals surface area contributed by atoms with Crippen molar-refractivity contribution in [2.75, 3.05) is 42.7 Å². The molecule has 0 bridgehead atoms. The maximum atomic E-state index is 13.2. The summed E-state index contributed by atoms with van der Waals surface area (Å²) in [5.74, 6) is -0.682. The fourth-order valence-electron chi connectivity index (χ4n) is 4.62. The third-order valence-corrected chi connectivity index (χ3v) is 7.08. The highest BCUT2D eigenvalue weighted by Gasteiger charge is 2.23. The van der Waals surface area contributed by atoms with Crippen LogP contribution in [-0.4, -0.2) is 49.1 Å². The topological polar surface area (TPSA) is 96.7 Å². The number of hydrogen-bond donors (Lipinski definition) is 3. The van der Waals surface area contributed by atoms with Gasteiger partial charge < -0.3 is 21.1 Å². The van der Waals surface area contributed by atoms with E-state index >= 15 is 0 Å². The molecule has 8 heteroatoms. The van der Waals surface area contributed by atoms with Gasteiger partial charge >= 0.3 is 0 Å². The SMILES string of the molecule is CC(C(=O)Nc1ccc(C(=O)Nc2cc(-c3ccc(-c4ccc(F)cc4)cc3)ccc2N)cc1)N1CCOCC1. The molecule has 2 amide bonds. The number of hydrogen-bond acceptors (Lipinski definition) is 5. The molecular weight excluding hydrogens is 507 g/mol. The molecular formula is C32H31FN4O3. The fourth-order valence-corrected chi connectivity index (χ4v) is 4.62. The van der Waals surface area contributed by atoms with Gasteiger partial charge in [-0.15, -0.1) is 0 Å². The summed E-state index contributed by atoms with van der Waals surface area (Å²) in [4.78, 5) is 27.7. The lowest BCUT2D eigenvalue weighted by Gasteiger charge is -2.31. The first kappa shape index (κ1) is 27.1. The number of carbonyl (C=O) groups excluding carboxylic acids is 2. The van der Waals surface area contributed by atoms with Gasteiger partial charge in [0.15, 0.2) is 0 Å². The van der Waals surface area contributed by atoms with Crippen LogP contribution in [0.4, 0.5) is 21.5 Å². The van der Waals surface area contributed by atoms with Gasteiger partial charge in [-0.25, -0.2) is 4.39 Å². The van der Waals surface area contributed by atoms with Gasteiger partial charge in [-0.2, -0.15) is 0 Å². The monoisotopic (exact) mass is 538 g/mol. The Morgan fingerprint density at radius 1 is 0.800 bits per heavy atom. The summed E-state index contributed by atoms with van der Waals surface area (Å²) in [5.41, 5.74) is 11.9. The normalized spacial score (nSPS) is 14.3. The van der Waals surface area contributed by atoms with Crippen molar-refractivity contribution in [2.24, 2.45) is 0 Å². The molecule has 4 aromatic rings. The molecule has 0 aliphatic carbocycles. The van der Waals surface area contributed by atoms with E-state index in [4.69, 9.17) is 10.5 Å². The van der Waals surface area contributed by atoms with Crippen LogP contribution < -0.4 is 16.4 Å². The summed E-state index contributed by atoms with van der Waals surface area (Å²) in [5, 5.41) is 5.81. The molecule has 1 unspecified atom stereocenters. The second kappa shape index (κ2) is 12.1. The molecule has 40 heavy (non-hydrogen) atoms. The summed E-state index contributed by atoms with van der Waals surface area (Å²) in [6, 6.07) is 26.2. The van der Waals surface area contributed by atoms with Crippen molar-refractivity contribution in [1.29, 1.82) is 0 Å². The first-order valence-electron chi connectivity index (χ1n) is 13.2. The maximum Gasteiger partial charge on any atom is 0.255 e. The number of ether oxygens (including phenoxy) is 1. The van der Waals surface area contributed by atoms with Gasteiger partial charge in [-0.05, 0) is 77.7 Å². The van der Waals surface area contributed by atoms with Gasteiger partial charge in [0, 0.05) is 24.3 Å². The summed E-state index contributed by atoms with van der Waals surface area (Å²) >= 11 is 0. The average Bonchev–Trinajstić information content (AvgIpc) is 2.99. The number of halogens is 1. The molecule has 4 aromatic carbocycles. The van der Waals surface area contributed by atoms with Gasteiger partial charge in [0.25, 0.3) is 5.91 Å². The van der Waals surface area contributed by atoms with E-state index < -0.39 is 0 Å². The lowest BCUT2D eigenvalue weighted by atomic mass is 9.99. The van der Waals surface area contributed by atoms with Crippen molar-refractivity contribution in [3.05, 3.63) is 102 Å². The molecule has 1 aliphatic rings. The van der Waals surface area contributed by atoms with Crippen LogP contribution in [0.15, 0.2) is 91.0 Å². The molecule has 1 fully saturated rings. The number of benzene rings is 4. The maximum absolute atomic E-state index is 13.2. The molecule has 0 saturated carbocycles. The molecule has 0 aromatic heterocycles. The minimum absolute atomic E-state index is 0.102. The first-order valence-corrected chi connectivity index (χ1v) is 13.2. The third kappa shape index (κ3) is 6.36. The average molecular weight is 539 g/mol. The Labute approximate surface area is 232 Å². The summed E-state index contributed by atoms with van der Waals surface area (Å²) in [6.45, 7) is 4.57. The van der Waals surface area contributed by atoms with Crippen LogP contribution in [0.25, 0.3) is 22.3 Å². The predicted molar refractivity (Wildman–Crippen MR) is 157 cm³/mol. The zero-order valence-corrected chi connectivity index (χ0v) is 22.2. The largest absolute Gasteiger partial charge is 0.397 e. The quantitative estimate of drug-likeness (QED) is 0.264. The third-order valence-electron chi connectivity index (χ3n) is 7.08. The zero-order chi connectivity index (χ0) is 28.1. The second-order valence-corrected chi connectivity index (χ2v) is 9.73. The van der Waals surface area contributed by atoms with E-state index in [1.54, 1.807) is 42.5 Å². The van der Waals surface area contributed by atoms with E-state index in [1.165, 1.54) is 12.1 Å². The smallest absolute Gasteiger partial charge is 0.255 e. The Morgan fingerprint density at radius 3 is 1.98 bits per heavy atom. The van der Waals surface area contributed by atoms with Crippen LogP contribution in [0.1, 0.15) is 17.3 Å². The molecule has 0 radical (unpaired) electrons. The van der Waals surface area contributed by atoms with Crippen LogP contribution >= 0.6 is 0 Å². The molecule has 204 valence electrons. The Bertz CT molecular complexity index is 1480. The Kier molecular flexibility index (Phi) is 8.19. The van der Waals surface area contributed by atoms with Gasteiger partial charge in [0.2, 0.25) is 5.91 Å². The van der Waals surface area contributed by atoms with Crippen molar-refractivity contribution in [2.45, 2.75) is 13.0 Å². The summed E-state index contributed by atoms with van der Waals surface area (Å²) in [6.07, 6.45) is 0. The standard InChI is InChI=1S/C32H31FN4O3/c1-21(37-16-18-40-19-17-37)31(38)35-28-13-8-25(9-14-28)32(39)36-30-20-26(10-15-29(30)34)24-4-2-22(3-5-24)23-6-11-27(33)12-7-23/h2-15,20-21H,16-19,34H2,1H3,(H,35,38)(H,36,39). The summed E-state index contributed by atoms with van der Waals surface area (Å²) < 4.78 is 18.6. The number of nitrogens with zero attached hydrogens (tertiary/aromatic N) is 1. The van der Waals surface area contributed by atoms with Crippen LogP contribution in [0.2, 0.25) is 0 Å². The second-order valence-electron chi connectivity index (χ2n) is 9.73. The highest BCUT2D eigenvalue weighted by molar-refractivity contribution is 6.06. The van der Waals surface area contributed by atoms with Crippen LogP contribution in [-0.2, 0) is 9.53 Å². The molecule has 1 atom stereocenters. The highest BCUT2D eigenvalue weighted by Crippen LogP contribution is 2.30. The van der Waals surface area contributed by atoms with Gasteiger partial charge in [0.1, 0.15) is 5.82 Å². The Hall–Kier alpha value is -4.53. The van der Waals surface area contributed by atoms with E-state index in [9.17, 15) is 14.0 Å². The van der Waals surface area contributed by atoms with Gasteiger partial charge in [0.05, 0.1) is 30.6 Å². The van der Waals surface area contributed by atoms with Crippen molar-refractivity contribution in [3.63, 3.8) is 0 Å². The Morgan fingerprint density at radius 2 is 1.35 bits per heavy atom. The number of anilines is 3. The van der Waals surface area contributed by atoms with E-state index in [0.29, 0.717) is 35.8 Å². The van der Waals surface area contributed by atoms with Gasteiger partial charge in [-0.1, -0.05) is 42.5 Å². The molecule has 5 rings (SSSR count). The predicted octanol–water partition coefficient (Wildman–Crippen LogP) is 5.65. The summed E-state index contributed by atoms with van der Waals surface area (Å²) in [7, 11) is 0. The lowest BCUT2D eigenvalue weighted by molar-refractivity contribution is -0.122. The van der Waals surface area contributed by atoms with Gasteiger partial charge in [-0.3, -0.25) is 14.5 Å². The van der Waals surface area contributed by atoms with E-state index in [2.05, 4.69) is 15.5 Å². The van der Waals surface area contributed by atoms with E-state index in [1.807, 2.05) is 43.3 Å². The van der Waals surface area contributed by atoms with Crippen LogP contribution in [0.5, 0.6) is 0 Å². The minimum atomic E-state index is -0.310. The number of morpholine rings is 1. The number of nitrogens with two attached hydrogens (primary N) is 1. The zero-order valence-electron chi connectivity index (χ0n) is 22.2. The lowest BCUT2D eigenvalue weighted by Crippen LogP contribution is -2.47. The van der Waals surface area contributed by atoms with Crippen molar-refractivity contribution < 1.29 is 18.7 Å². The number of nitrogens with one attached hydrogen (secondary N) is 2. The molecule has 7 nitrogen and oxygen atoms in total. The van der Waals surface area contributed by atoms with Crippen molar-refractivity contribution in [3.8, 4) is 22.3 Å². The van der Waals surface area contributed by atoms with E-state index in [-0.39, 0.29) is 23.7 Å². The minimum Gasteiger partial charge on any atom is -0.397 e. The van der Waals surface area contributed by atoms with Crippen LogP contribution in [0.3, 0.4) is 0 Å². The molecule has 4 N–H and O–H groups in total. The number of nitrogen functional groups attached to an aromatic ring is 1. The fraction of sp³-hybridized carbons (Fsp3) is 0.188. The molecule has 1 saturated heterocycles. The molecule has 0 spiro atoms. The van der Waals surface area contributed by atoms with Crippen molar-refractivity contribution in [1.82, 2.24) is 4.90 Å². The molecule has 1 aliphatic heterocycles. The number of amides is 2. The van der Waals surface area contributed by atoms with E-state index in [0.717, 1.165) is 35.3 Å². The number of rotatable bonds is 7. The van der Waals surface area contributed by atoms with Crippen LogP contribution in [0, 0.1) is 5.82 Å².